The Morgan fingerprint density at radius 1 is 1.17 bits per heavy atom. The quantitative estimate of drug-likeness (QED) is 0.867. The third kappa shape index (κ3) is 4.54. The molecule has 0 unspecified atom stereocenters. The maximum absolute atomic E-state index is 12.5. The Balaban J connectivity index is 2.19. The van der Waals surface area contributed by atoms with Gasteiger partial charge in [-0.25, -0.2) is 13.1 Å². The number of carbonyl (C=O) groups is 1. The smallest absolute Gasteiger partial charge is 0.253 e. The van der Waals surface area contributed by atoms with E-state index in [0.29, 0.717) is 18.7 Å². The van der Waals surface area contributed by atoms with Gasteiger partial charge in [0.15, 0.2) is 0 Å². The maximum Gasteiger partial charge on any atom is 0.253 e. The molecular formula is C17H26N2O3S. The third-order valence-corrected chi connectivity index (χ3v) is 5.89. The fourth-order valence-corrected chi connectivity index (χ4v) is 4.35. The van der Waals surface area contributed by atoms with Crippen LogP contribution in [0.1, 0.15) is 56.3 Å². The van der Waals surface area contributed by atoms with E-state index >= 15 is 0 Å². The van der Waals surface area contributed by atoms with Crippen LogP contribution in [0.2, 0.25) is 0 Å². The van der Waals surface area contributed by atoms with Crippen LogP contribution < -0.4 is 4.72 Å². The molecular weight excluding hydrogens is 312 g/mol. The second kappa shape index (κ2) is 7.93. The summed E-state index contributed by atoms with van der Waals surface area (Å²) in [5, 5.41) is 0. The zero-order chi connectivity index (χ0) is 16.9. The Kier molecular flexibility index (Phi) is 6.18. The van der Waals surface area contributed by atoms with E-state index in [1.807, 2.05) is 13.8 Å². The molecule has 5 nitrogen and oxygen atoms in total. The highest BCUT2D eigenvalue weighted by molar-refractivity contribution is 7.89. The summed E-state index contributed by atoms with van der Waals surface area (Å²) in [5.41, 5.74) is 0.417. The Morgan fingerprint density at radius 3 is 2.43 bits per heavy atom. The second-order valence-electron chi connectivity index (χ2n) is 5.96. The van der Waals surface area contributed by atoms with Gasteiger partial charge in [-0.2, -0.15) is 0 Å². The summed E-state index contributed by atoms with van der Waals surface area (Å²) in [6.45, 7) is 5.03. The molecule has 0 aliphatic heterocycles. The number of carbonyl (C=O) groups excluding carboxylic acids is 1. The van der Waals surface area contributed by atoms with Crippen LogP contribution in [0, 0.1) is 0 Å². The third-order valence-electron chi connectivity index (χ3n) is 4.37. The lowest BCUT2D eigenvalue weighted by molar-refractivity contribution is 0.0772. The molecule has 0 heterocycles. The van der Waals surface area contributed by atoms with Crippen molar-refractivity contribution in [3.05, 3.63) is 29.8 Å². The summed E-state index contributed by atoms with van der Waals surface area (Å²) >= 11 is 0. The van der Waals surface area contributed by atoms with Gasteiger partial charge < -0.3 is 4.90 Å². The lowest BCUT2D eigenvalue weighted by Gasteiger charge is -2.23. The summed E-state index contributed by atoms with van der Waals surface area (Å²) in [6.07, 6.45) is 5.07. The molecule has 1 aliphatic rings. The van der Waals surface area contributed by atoms with Crippen LogP contribution in [0.15, 0.2) is 29.2 Å². The second-order valence-corrected chi connectivity index (χ2v) is 7.68. The summed E-state index contributed by atoms with van der Waals surface area (Å²) in [7, 11) is -3.58. The highest BCUT2D eigenvalue weighted by Gasteiger charge is 2.23. The van der Waals surface area contributed by atoms with Crippen LogP contribution in [-0.4, -0.2) is 38.4 Å². The minimum Gasteiger partial charge on any atom is -0.339 e. The van der Waals surface area contributed by atoms with Gasteiger partial charge in [-0.1, -0.05) is 25.3 Å². The molecule has 1 fully saturated rings. The van der Waals surface area contributed by atoms with Crippen molar-refractivity contribution in [3.8, 4) is 0 Å². The molecule has 0 spiro atoms. The predicted octanol–water partition coefficient (Wildman–Crippen LogP) is 2.78. The van der Waals surface area contributed by atoms with E-state index in [1.54, 1.807) is 23.1 Å². The number of sulfonamides is 1. The molecule has 0 saturated heterocycles. The molecule has 0 aromatic heterocycles. The fourth-order valence-electron chi connectivity index (χ4n) is 3.00. The van der Waals surface area contributed by atoms with Crippen molar-refractivity contribution < 1.29 is 13.2 Å². The number of amides is 1. The molecule has 6 heteroatoms. The Hall–Kier alpha value is -1.40. The van der Waals surface area contributed by atoms with E-state index in [1.165, 1.54) is 12.5 Å². The van der Waals surface area contributed by atoms with E-state index in [4.69, 9.17) is 0 Å². The number of nitrogens with zero attached hydrogens (tertiary/aromatic N) is 1. The minimum absolute atomic E-state index is 0.0101. The van der Waals surface area contributed by atoms with Gasteiger partial charge in [-0.15, -0.1) is 0 Å². The number of hydrogen-bond acceptors (Lipinski definition) is 3. The molecule has 1 aliphatic carbocycles. The first-order chi connectivity index (χ1) is 11.0. The van der Waals surface area contributed by atoms with Gasteiger partial charge >= 0.3 is 0 Å². The highest BCUT2D eigenvalue weighted by Crippen LogP contribution is 2.20. The molecule has 1 N–H and O–H groups in total. The van der Waals surface area contributed by atoms with Crippen molar-refractivity contribution in [1.29, 1.82) is 0 Å². The summed E-state index contributed by atoms with van der Waals surface area (Å²) in [4.78, 5) is 14.2. The van der Waals surface area contributed by atoms with E-state index < -0.39 is 10.0 Å². The molecule has 2 rings (SSSR count). The monoisotopic (exact) mass is 338 g/mol. The standard InChI is InChI=1S/C17H26N2O3S/c1-3-19(4-2)17(20)14-9-8-12-16(13-14)23(21,22)18-15-10-6-5-7-11-15/h8-9,12-13,15,18H,3-7,10-11H2,1-2H3. The first-order valence-electron chi connectivity index (χ1n) is 8.39. The number of rotatable bonds is 6. The summed E-state index contributed by atoms with van der Waals surface area (Å²) in [6, 6.07) is 6.33. The van der Waals surface area contributed by atoms with Crippen LogP contribution in [-0.2, 0) is 10.0 Å². The highest BCUT2D eigenvalue weighted by atomic mass is 32.2. The molecule has 128 valence electrons. The van der Waals surface area contributed by atoms with Crippen molar-refractivity contribution in [3.63, 3.8) is 0 Å². The molecule has 1 aromatic rings. The molecule has 0 radical (unpaired) electrons. The normalized spacial score (nSPS) is 16.3. The molecule has 0 bridgehead atoms. The first-order valence-corrected chi connectivity index (χ1v) is 9.88. The molecule has 1 amide bonds. The number of nitrogens with one attached hydrogen (secondary N) is 1. The van der Waals surface area contributed by atoms with E-state index in [-0.39, 0.29) is 16.8 Å². The zero-order valence-electron chi connectivity index (χ0n) is 13.9. The molecule has 0 atom stereocenters. The first kappa shape index (κ1) is 17.9. The Bertz CT molecular complexity index is 633. The van der Waals surface area contributed by atoms with Gasteiger partial charge in [-0.3, -0.25) is 4.79 Å². The van der Waals surface area contributed by atoms with Crippen LogP contribution in [0.25, 0.3) is 0 Å². The lowest BCUT2D eigenvalue weighted by atomic mass is 9.96. The SMILES string of the molecule is CCN(CC)C(=O)c1cccc(S(=O)(=O)NC2CCCCC2)c1. The van der Waals surface area contributed by atoms with Gasteiger partial charge in [-0.05, 0) is 44.9 Å². The van der Waals surface area contributed by atoms with Gasteiger partial charge in [0.1, 0.15) is 0 Å². The van der Waals surface area contributed by atoms with Gasteiger partial charge in [0.2, 0.25) is 10.0 Å². The molecule has 1 saturated carbocycles. The molecule has 23 heavy (non-hydrogen) atoms. The largest absolute Gasteiger partial charge is 0.339 e. The van der Waals surface area contributed by atoms with E-state index in [0.717, 1.165) is 25.7 Å². The number of benzene rings is 1. The fraction of sp³-hybridized carbons (Fsp3) is 0.588. The van der Waals surface area contributed by atoms with E-state index in [2.05, 4.69) is 4.72 Å². The van der Waals surface area contributed by atoms with E-state index in [9.17, 15) is 13.2 Å². The average molecular weight is 338 g/mol. The van der Waals surface area contributed by atoms with Crippen LogP contribution in [0.3, 0.4) is 0 Å². The minimum atomic E-state index is -3.58. The topological polar surface area (TPSA) is 66.5 Å². The lowest BCUT2D eigenvalue weighted by Crippen LogP contribution is -2.36. The van der Waals surface area contributed by atoms with Crippen molar-refractivity contribution in [2.24, 2.45) is 0 Å². The number of hydrogen-bond donors (Lipinski definition) is 1. The predicted molar refractivity (Wildman–Crippen MR) is 90.9 cm³/mol. The van der Waals surface area contributed by atoms with Crippen LogP contribution >= 0.6 is 0 Å². The zero-order valence-corrected chi connectivity index (χ0v) is 14.7. The Morgan fingerprint density at radius 2 is 1.83 bits per heavy atom. The summed E-state index contributed by atoms with van der Waals surface area (Å²) < 4.78 is 27.9. The van der Waals surface area contributed by atoms with Crippen LogP contribution in [0.4, 0.5) is 0 Å². The van der Waals surface area contributed by atoms with Gasteiger partial charge in [0.25, 0.3) is 5.91 Å². The van der Waals surface area contributed by atoms with Crippen molar-refractivity contribution in [2.45, 2.75) is 56.9 Å². The van der Waals surface area contributed by atoms with Crippen molar-refractivity contribution in [2.75, 3.05) is 13.1 Å². The average Bonchev–Trinajstić information content (AvgIpc) is 2.56. The maximum atomic E-state index is 12.5. The van der Waals surface area contributed by atoms with Crippen molar-refractivity contribution >= 4 is 15.9 Å². The van der Waals surface area contributed by atoms with Gasteiger partial charge in [0, 0.05) is 24.7 Å². The Labute approximate surface area is 139 Å². The van der Waals surface area contributed by atoms with Crippen molar-refractivity contribution in [1.82, 2.24) is 9.62 Å². The van der Waals surface area contributed by atoms with Gasteiger partial charge in [0.05, 0.1) is 4.90 Å². The molecule has 1 aromatic carbocycles. The van der Waals surface area contributed by atoms with Crippen LogP contribution in [0.5, 0.6) is 0 Å². The summed E-state index contributed by atoms with van der Waals surface area (Å²) in [5.74, 6) is -0.135.